The standard InChI is InChI=1S/C26H30N2O4S/c1-4-5-8-24-27-16-22(14-21(25(29)30)15-23-7-6-13-33-23)28(24)17-19-9-11-20(12-10-19)26(31)32-18(2)3/h6-7,9-14,16,18H,4-5,8,15,17H2,1-3H3,(H,29,30)/b21-14+. The molecule has 2 aromatic heterocycles. The zero-order valence-electron chi connectivity index (χ0n) is 19.3. The lowest BCUT2D eigenvalue weighted by molar-refractivity contribution is -0.132. The molecule has 0 saturated heterocycles. The first-order valence-electron chi connectivity index (χ1n) is 11.2. The normalized spacial score (nSPS) is 11.7. The summed E-state index contributed by atoms with van der Waals surface area (Å²) >= 11 is 1.55. The molecule has 0 radical (unpaired) electrons. The summed E-state index contributed by atoms with van der Waals surface area (Å²) in [5, 5.41) is 11.7. The van der Waals surface area contributed by atoms with Gasteiger partial charge in [-0.1, -0.05) is 31.5 Å². The van der Waals surface area contributed by atoms with Gasteiger partial charge in [0.05, 0.1) is 23.6 Å². The molecular formula is C26H30N2O4S. The van der Waals surface area contributed by atoms with Gasteiger partial charge in [0, 0.05) is 29.8 Å². The van der Waals surface area contributed by atoms with Crippen molar-refractivity contribution in [1.29, 1.82) is 0 Å². The molecule has 0 aliphatic heterocycles. The monoisotopic (exact) mass is 466 g/mol. The number of carbonyl (C=O) groups excluding carboxylic acids is 1. The van der Waals surface area contributed by atoms with Gasteiger partial charge in [0.1, 0.15) is 5.82 Å². The third-order valence-electron chi connectivity index (χ3n) is 5.14. The lowest BCUT2D eigenvalue weighted by Gasteiger charge is -2.12. The van der Waals surface area contributed by atoms with Crippen molar-refractivity contribution >= 4 is 29.4 Å². The third kappa shape index (κ3) is 6.89. The first kappa shape index (κ1) is 24.5. The van der Waals surface area contributed by atoms with Crippen LogP contribution in [0.2, 0.25) is 0 Å². The van der Waals surface area contributed by atoms with E-state index in [1.54, 1.807) is 35.7 Å². The van der Waals surface area contributed by atoms with E-state index < -0.39 is 5.97 Å². The predicted octanol–water partition coefficient (Wildman–Crippen LogP) is 5.61. The lowest BCUT2D eigenvalue weighted by Crippen LogP contribution is -2.12. The van der Waals surface area contributed by atoms with E-state index in [9.17, 15) is 14.7 Å². The van der Waals surface area contributed by atoms with Gasteiger partial charge < -0.3 is 14.4 Å². The predicted molar refractivity (Wildman–Crippen MR) is 131 cm³/mol. The number of nitrogens with zero attached hydrogens (tertiary/aromatic N) is 2. The fourth-order valence-corrected chi connectivity index (χ4v) is 4.17. The molecule has 1 N–H and O–H groups in total. The molecule has 3 rings (SSSR count). The van der Waals surface area contributed by atoms with Crippen molar-refractivity contribution in [2.75, 3.05) is 0 Å². The number of hydrogen-bond donors (Lipinski definition) is 1. The van der Waals surface area contributed by atoms with E-state index in [1.807, 2.05) is 43.5 Å². The highest BCUT2D eigenvalue weighted by Crippen LogP contribution is 2.20. The zero-order valence-corrected chi connectivity index (χ0v) is 20.1. The largest absolute Gasteiger partial charge is 0.478 e. The van der Waals surface area contributed by atoms with E-state index in [2.05, 4.69) is 16.5 Å². The van der Waals surface area contributed by atoms with Crippen LogP contribution in [0.4, 0.5) is 0 Å². The number of esters is 1. The number of benzene rings is 1. The third-order valence-corrected chi connectivity index (χ3v) is 6.01. The Morgan fingerprint density at radius 3 is 2.58 bits per heavy atom. The summed E-state index contributed by atoms with van der Waals surface area (Å²) in [5.41, 5.74) is 2.59. The van der Waals surface area contributed by atoms with Gasteiger partial charge in [-0.05, 0) is 55.5 Å². The second-order valence-electron chi connectivity index (χ2n) is 8.17. The fourth-order valence-electron chi connectivity index (χ4n) is 3.44. The van der Waals surface area contributed by atoms with Crippen LogP contribution in [0.5, 0.6) is 0 Å². The summed E-state index contributed by atoms with van der Waals surface area (Å²) in [6, 6.07) is 11.2. The number of rotatable bonds is 11. The summed E-state index contributed by atoms with van der Waals surface area (Å²) in [6.45, 7) is 6.31. The number of hydrogen-bond acceptors (Lipinski definition) is 5. The topological polar surface area (TPSA) is 81.4 Å². The van der Waals surface area contributed by atoms with Crippen LogP contribution in [-0.4, -0.2) is 32.7 Å². The number of aliphatic carboxylic acids is 1. The summed E-state index contributed by atoms with van der Waals surface area (Å²) in [4.78, 5) is 29.6. The van der Waals surface area contributed by atoms with Gasteiger partial charge in [-0.15, -0.1) is 11.3 Å². The van der Waals surface area contributed by atoms with Gasteiger partial charge in [-0.2, -0.15) is 0 Å². The molecule has 0 bridgehead atoms. The number of carboxylic acids is 1. The van der Waals surface area contributed by atoms with E-state index in [0.717, 1.165) is 41.2 Å². The van der Waals surface area contributed by atoms with Crippen LogP contribution in [0.1, 0.15) is 65.9 Å². The summed E-state index contributed by atoms with van der Waals surface area (Å²) < 4.78 is 7.32. The van der Waals surface area contributed by atoms with Crippen LogP contribution in [-0.2, 0) is 28.9 Å². The SMILES string of the molecule is CCCCc1ncc(/C=C(\Cc2cccs2)C(=O)O)n1Cc1ccc(C(=O)OC(C)C)cc1. The Labute approximate surface area is 198 Å². The van der Waals surface area contributed by atoms with Crippen molar-refractivity contribution in [2.24, 2.45) is 0 Å². The molecule has 0 fully saturated rings. The Morgan fingerprint density at radius 1 is 1.21 bits per heavy atom. The molecule has 2 heterocycles. The molecule has 1 aromatic carbocycles. The van der Waals surface area contributed by atoms with Gasteiger partial charge in [-0.3, -0.25) is 0 Å². The maximum absolute atomic E-state index is 12.1. The van der Waals surface area contributed by atoms with Crippen LogP contribution >= 0.6 is 11.3 Å². The fraction of sp³-hybridized carbons (Fsp3) is 0.346. The van der Waals surface area contributed by atoms with Crippen molar-refractivity contribution in [1.82, 2.24) is 9.55 Å². The number of aryl methyl sites for hydroxylation is 1. The maximum atomic E-state index is 12.1. The van der Waals surface area contributed by atoms with Gasteiger partial charge in [0.2, 0.25) is 0 Å². The second-order valence-corrected chi connectivity index (χ2v) is 9.20. The molecule has 0 aliphatic rings. The number of aromatic nitrogens is 2. The molecule has 0 saturated carbocycles. The Balaban J connectivity index is 1.89. The highest BCUT2D eigenvalue weighted by atomic mass is 32.1. The number of thiophene rings is 1. The zero-order chi connectivity index (χ0) is 23.8. The second kappa shape index (κ2) is 11.6. The highest BCUT2D eigenvalue weighted by molar-refractivity contribution is 7.09. The van der Waals surface area contributed by atoms with Crippen molar-refractivity contribution in [2.45, 2.75) is 59.1 Å². The first-order chi connectivity index (χ1) is 15.9. The first-order valence-corrected chi connectivity index (χ1v) is 12.1. The molecule has 0 atom stereocenters. The number of ether oxygens (including phenoxy) is 1. The molecule has 3 aromatic rings. The van der Waals surface area contributed by atoms with Crippen LogP contribution in [0, 0.1) is 0 Å². The van der Waals surface area contributed by atoms with Gasteiger partial charge in [-0.25, -0.2) is 14.6 Å². The minimum atomic E-state index is -0.931. The Kier molecular flexibility index (Phi) is 8.60. The average Bonchev–Trinajstić information content (AvgIpc) is 3.42. The molecule has 6 nitrogen and oxygen atoms in total. The minimum absolute atomic E-state index is 0.170. The van der Waals surface area contributed by atoms with E-state index >= 15 is 0 Å². The summed E-state index contributed by atoms with van der Waals surface area (Å²) in [7, 11) is 0. The van der Waals surface area contributed by atoms with Crippen LogP contribution in [0.15, 0.2) is 53.5 Å². The Hall–Kier alpha value is -3.19. The molecular weight excluding hydrogens is 436 g/mol. The number of carbonyl (C=O) groups is 2. The van der Waals surface area contributed by atoms with E-state index in [0.29, 0.717) is 24.1 Å². The van der Waals surface area contributed by atoms with Gasteiger partial charge in [0.25, 0.3) is 0 Å². The van der Waals surface area contributed by atoms with Crippen LogP contribution < -0.4 is 0 Å². The van der Waals surface area contributed by atoms with Crippen molar-refractivity contribution in [3.05, 3.63) is 81.1 Å². The average molecular weight is 467 g/mol. The maximum Gasteiger partial charge on any atom is 0.338 e. The number of carboxylic acid groups (broad SMARTS) is 1. The van der Waals surface area contributed by atoms with Crippen LogP contribution in [0.3, 0.4) is 0 Å². The highest BCUT2D eigenvalue weighted by Gasteiger charge is 2.15. The van der Waals surface area contributed by atoms with E-state index in [4.69, 9.17) is 4.74 Å². The quantitative estimate of drug-likeness (QED) is 0.293. The smallest absolute Gasteiger partial charge is 0.338 e. The Morgan fingerprint density at radius 2 is 1.97 bits per heavy atom. The molecule has 0 amide bonds. The van der Waals surface area contributed by atoms with E-state index in [-0.39, 0.29) is 12.1 Å². The summed E-state index contributed by atoms with van der Waals surface area (Å²) in [5.74, 6) is -0.349. The molecule has 0 unspecified atom stereocenters. The molecule has 0 spiro atoms. The minimum Gasteiger partial charge on any atom is -0.478 e. The Bertz CT molecular complexity index is 1100. The van der Waals surface area contributed by atoms with E-state index in [1.165, 1.54) is 0 Å². The molecule has 7 heteroatoms. The molecule has 0 aliphatic carbocycles. The number of imidazole rings is 1. The number of unbranched alkanes of at least 4 members (excludes halogenated alkanes) is 1. The van der Waals surface area contributed by atoms with Gasteiger partial charge >= 0.3 is 11.9 Å². The summed E-state index contributed by atoms with van der Waals surface area (Å²) in [6.07, 6.45) is 6.53. The molecule has 174 valence electrons. The van der Waals surface area contributed by atoms with Crippen LogP contribution in [0.25, 0.3) is 6.08 Å². The lowest BCUT2D eigenvalue weighted by atomic mass is 10.1. The molecule has 33 heavy (non-hydrogen) atoms. The van der Waals surface area contributed by atoms with Crippen molar-refractivity contribution in [3.63, 3.8) is 0 Å². The van der Waals surface area contributed by atoms with Crippen molar-refractivity contribution in [3.8, 4) is 0 Å². The van der Waals surface area contributed by atoms with Gasteiger partial charge in [0.15, 0.2) is 0 Å². The van der Waals surface area contributed by atoms with Crippen molar-refractivity contribution < 1.29 is 19.4 Å².